The van der Waals surface area contributed by atoms with Crippen molar-refractivity contribution in [3.8, 4) is 0 Å². The predicted molar refractivity (Wildman–Crippen MR) is 111 cm³/mol. The average Bonchev–Trinajstić information content (AvgIpc) is 3.23. The van der Waals surface area contributed by atoms with E-state index >= 15 is 0 Å². The number of aromatic nitrogens is 1. The maximum Gasteiger partial charge on any atom is 0.271 e. The quantitative estimate of drug-likeness (QED) is 0.585. The molecule has 0 radical (unpaired) electrons. The molecular weight excluding hydrogens is 422 g/mol. The van der Waals surface area contributed by atoms with Gasteiger partial charge in [-0.2, -0.15) is 0 Å². The van der Waals surface area contributed by atoms with Gasteiger partial charge >= 0.3 is 0 Å². The number of hydrogen-bond donors (Lipinski definition) is 2. The molecule has 0 fully saturated rings. The minimum Gasteiger partial charge on any atom is -0.354 e. The zero-order valence-corrected chi connectivity index (χ0v) is 17.3. The number of rotatable bonds is 6. The number of anilines is 2. The highest BCUT2D eigenvalue weighted by molar-refractivity contribution is 7.94. The van der Waals surface area contributed by atoms with Crippen molar-refractivity contribution in [2.45, 2.75) is 18.1 Å². The van der Waals surface area contributed by atoms with Gasteiger partial charge in [0.1, 0.15) is 15.6 Å². The van der Waals surface area contributed by atoms with Crippen molar-refractivity contribution in [2.75, 3.05) is 10.0 Å². The minimum atomic E-state index is -3.71. The summed E-state index contributed by atoms with van der Waals surface area (Å²) in [6.07, 6.45) is 3.32. The van der Waals surface area contributed by atoms with Gasteiger partial charge in [-0.1, -0.05) is 16.8 Å². The Kier molecular flexibility index (Phi) is 5.87. The molecule has 2 aromatic heterocycles. The summed E-state index contributed by atoms with van der Waals surface area (Å²) in [6, 6.07) is 9.58. The van der Waals surface area contributed by atoms with E-state index in [2.05, 4.69) is 15.2 Å². The summed E-state index contributed by atoms with van der Waals surface area (Å²) in [4.78, 5) is 12.0. The minimum absolute atomic E-state index is 0.165. The summed E-state index contributed by atoms with van der Waals surface area (Å²) in [5, 5.41) is 7.01. The number of benzene rings is 1. The van der Waals surface area contributed by atoms with Gasteiger partial charge in [0.15, 0.2) is 5.76 Å². The molecule has 0 unspecified atom stereocenters. The molecule has 1 amide bonds. The van der Waals surface area contributed by atoms with Gasteiger partial charge in [0, 0.05) is 22.5 Å². The van der Waals surface area contributed by atoms with E-state index in [1.807, 2.05) is 0 Å². The fraction of sp³-hybridized carbons (Fsp3) is 0.111. The van der Waals surface area contributed by atoms with Crippen molar-refractivity contribution in [3.05, 3.63) is 57.8 Å². The maximum atomic E-state index is 12.5. The van der Waals surface area contributed by atoms with Crippen molar-refractivity contribution in [2.24, 2.45) is 0 Å². The van der Waals surface area contributed by atoms with Crippen LogP contribution in [0.3, 0.4) is 0 Å². The van der Waals surface area contributed by atoms with Gasteiger partial charge < -0.3 is 9.84 Å². The highest BCUT2D eigenvalue weighted by Gasteiger charge is 2.17. The Bertz CT molecular complexity index is 1130. The van der Waals surface area contributed by atoms with Crippen molar-refractivity contribution in [1.29, 1.82) is 0 Å². The fourth-order valence-corrected chi connectivity index (χ4v) is 4.69. The van der Waals surface area contributed by atoms with Crippen LogP contribution in [0.4, 0.5) is 11.4 Å². The molecule has 3 rings (SSSR count). The first-order valence-corrected chi connectivity index (χ1v) is 10.7. The fourth-order valence-electron chi connectivity index (χ4n) is 2.28. The molecule has 7 nitrogen and oxygen atoms in total. The number of sulfonamides is 1. The van der Waals surface area contributed by atoms with Gasteiger partial charge in [0.2, 0.25) is 5.91 Å². The summed E-state index contributed by atoms with van der Waals surface area (Å²) in [6.45, 7) is 3.11. The van der Waals surface area contributed by atoms with Crippen molar-refractivity contribution in [3.63, 3.8) is 0 Å². The highest BCUT2D eigenvalue weighted by Crippen LogP contribution is 2.27. The van der Waals surface area contributed by atoms with E-state index in [0.29, 0.717) is 32.7 Å². The Balaban J connectivity index is 1.78. The molecule has 0 bridgehead atoms. The van der Waals surface area contributed by atoms with Crippen LogP contribution in [0.25, 0.3) is 12.2 Å². The second-order valence-electron chi connectivity index (χ2n) is 5.79. The molecule has 0 aliphatic carbocycles. The molecule has 0 aliphatic rings. The second-order valence-corrected chi connectivity index (χ2v) is 9.25. The van der Waals surface area contributed by atoms with E-state index in [-0.39, 0.29) is 10.1 Å². The third-order valence-corrected chi connectivity index (χ3v) is 6.73. The lowest BCUT2D eigenvalue weighted by molar-refractivity contribution is -0.114. The summed E-state index contributed by atoms with van der Waals surface area (Å²) >= 11 is 6.91. The second kappa shape index (κ2) is 8.17. The number of amides is 1. The van der Waals surface area contributed by atoms with E-state index in [1.54, 1.807) is 49.4 Å². The van der Waals surface area contributed by atoms with Gasteiger partial charge in [-0.25, -0.2) is 8.42 Å². The van der Waals surface area contributed by atoms with Gasteiger partial charge in [-0.15, -0.1) is 11.3 Å². The first kappa shape index (κ1) is 20.1. The number of nitrogens with one attached hydrogen (secondary N) is 2. The van der Waals surface area contributed by atoms with E-state index < -0.39 is 10.0 Å². The number of aryl methyl sites for hydroxylation is 1. The number of carbonyl (C=O) groups excluding carboxylic acids is 1. The van der Waals surface area contributed by atoms with Crippen LogP contribution in [0.15, 0.2) is 45.1 Å². The Labute approximate surface area is 171 Å². The molecule has 0 atom stereocenters. The third kappa shape index (κ3) is 4.80. The molecule has 2 heterocycles. The number of halogens is 1. The normalized spacial score (nSPS) is 11.7. The molecule has 1 aromatic carbocycles. The zero-order chi connectivity index (χ0) is 20.3. The summed E-state index contributed by atoms with van der Waals surface area (Å²) in [5.41, 5.74) is 1.46. The Morgan fingerprint density at radius 1 is 1.18 bits per heavy atom. The van der Waals surface area contributed by atoms with Crippen LogP contribution in [0.1, 0.15) is 23.3 Å². The van der Waals surface area contributed by atoms with Crippen LogP contribution in [0, 0.1) is 6.92 Å². The van der Waals surface area contributed by atoms with Crippen molar-refractivity contribution in [1.82, 2.24) is 5.16 Å². The van der Waals surface area contributed by atoms with E-state index in [4.69, 9.17) is 16.1 Å². The average molecular weight is 438 g/mol. The lowest BCUT2D eigenvalue weighted by Gasteiger charge is -2.05. The first-order chi connectivity index (χ1) is 13.2. The summed E-state index contributed by atoms with van der Waals surface area (Å²) in [5.74, 6) is 0.142. The smallest absolute Gasteiger partial charge is 0.271 e. The molecule has 0 saturated carbocycles. The molecule has 2 N–H and O–H groups in total. The first-order valence-electron chi connectivity index (χ1n) is 8.05. The van der Waals surface area contributed by atoms with Crippen LogP contribution in [0.5, 0.6) is 0 Å². The van der Waals surface area contributed by atoms with E-state index in [1.165, 1.54) is 13.0 Å². The number of thiophene rings is 1. The van der Waals surface area contributed by atoms with Gasteiger partial charge in [-0.3, -0.25) is 9.52 Å². The van der Waals surface area contributed by atoms with E-state index in [9.17, 15) is 13.2 Å². The predicted octanol–water partition coefficient (Wildman–Crippen LogP) is 4.63. The molecule has 0 aliphatic heterocycles. The Morgan fingerprint density at radius 3 is 2.57 bits per heavy atom. The Hall–Kier alpha value is -2.62. The highest BCUT2D eigenvalue weighted by atomic mass is 35.5. The zero-order valence-electron chi connectivity index (χ0n) is 14.9. The van der Waals surface area contributed by atoms with Crippen molar-refractivity contribution >= 4 is 62.4 Å². The molecule has 146 valence electrons. The largest absolute Gasteiger partial charge is 0.354 e. The molecular formula is C18H16ClN3O4S2. The molecule has 28 heavy (non-hydrogen) atoms. The van der Waals surface area contributed by atoms with Crippen LogP contribution < -0.4 is 10.0 Å². The van der Waals surface area contributed by atoms with Crippen LogP contribution >= 0.6 is 22.9 Å². The number of carbonyl (C=O) groups is 1. The lowest BCUT2D eigenvalue weighted by atomic mass is 10.2. The topological polar surface area (TPSA) is 101 Å². The van der Waals surface area contributed by atoms with Gasteiger partial charge in [0.25, 0.3) is 10.0 Å². The van der Waals surface area contributed by atoms with E-state index in [0.717, 1.165) is 11.3 Å². The third-order valence-electron chi connectivity index (χ3n) is 3.55. The molecule has 0 saturated heterocycles. The van der Waals surface area contributed by atoms with Gasteiger partial charge in [0.05, 0.1) is 0 Å². The van der Waals surface area contributed by atoms with Crippen LogP contribution in [-0.2, 0) is 14.8 Å². The summed E-state index contributed by atoms with van der Waals surface area (Å²) in [7, 11) is -3.71. The number of hydrogen-bond acceptors (Lipinski definition) is 6. The van der Waals surface area contributed by atoms with Crippen LogP contribution in [-0.4, -0.2) is 19.5 Å². The van der Waals surface area contributed by atoms with Crippen molar-refractivity contribution < 1.29 is 17.7 Å². The summed E-state index contributed by atoms with van der Waals surface area (Å²) < 4.78 is 32.9. The standard InChI is InChI=1S/C18H16ClN3O4S2/c1-11-18(20-12(2)23)16(26-21-11)9-7-15-8-10-17(27-15)28(24,25)22-14-5-3-13(19)4-6-14/h3-10,22H,1-2H3,(H,20,23). The Morgan fingerprint density at radius 2 is 1.89 bits per heavy atom. The molecule has 0 spiro atoms. The monoisotopic (exact) mass is 437 g/mol. The number of nitrogens with zero attached hydrogens (tertiary/aromatic N) is 1. The lowest BCUT2D eigenvalue weighted by Crippen LogP contribution is -2.11. The maximum absolute atomic E-state index is 12.5. The SMILES string of the molecule is CC(=O)Nc1c(C)noc1C=Cc1ccc(S(=O)(=O)Nc2ccc(Cl)cc2)s1. The molecule has 3 aromatic rings. The van der Waals surface area contributed by atoms with Gasteiger partial charge in [-0.05, 0) is 55.5 Å². The van der Waals surface area contributed by atoms with Crippen LogP contribution in [0.2, 0.25) is 5.02 Å². The molecule has 10 heteroatoms.